The number of rotatable bonds is 2. The Balaban J connectivity index is 2.18. The highest BCUT2D eigenvalue weighted by Gasteiger charge is 2.22. The molecular formula is C12H13NO. The summed E-state index contributed by atoms with van der Waals surface area (Å²) < 4.78 is 0. The summed E-state index contributed by atoms with van der Waals surface area (Å²) in [6.07, 6.45) is 3.37. The number of hydrogen-bond acceptors (Lipinski definition) is 1. The third-order valence-electron chi connectivity index (χ3n) is 2.63. The van der Waals surface area contributed by atoms with Crippen LogP contribution in [0.25, 0.3) is 0 Å². The summed E-state index contributed by atoms with van der Waals surface area (Å²) in [4.78, 5) is 11.1. The smallest absolute Gasteiger partial charge is 0.243 e. The van der Waals surface area contributed by atoms with Gasteiger partial charge in [0, 0.05) is 0 Å². The summed E-state index contributed by atoms with van der Waals surface area (Å²) in [5, 5.41) is 2.93. The second-order valence-electron chi connectivity index (χ2n) is 3.50. The topological polar surface area (TPSA) is 29.1 Å². The van der Waals surface area contributed by atoms with Crippen LogP contribution in [0.3, 0.4) is 0 Å². The molecule has 1 atom stereocenters. The highest BCUT2D eigenvalue weighted by Crippen LogP contribution is 2.30. The summed E-state index contributed by atoms with van der Waals surface area (Å²) in [6.45, 7) is 3.45. The van der Waals surface area contributed by atoms with E-state index >= 15 is 0 Å². The van der Waals surface area contributed by atoms with Gasteiger partial charge in [0.05, 0.1) is 6.04 Å². The van der Waals surface area contributed by atoms with Gasteiger partial charge in [-0.3, -0.25) is 4.79 Å². The lowest BCUT2D eigenvalue weighted by Crippen LogP contribution is -2.24. The second-order valence-corrected chi connectivity index (χ2v) is 3.50. The number of amides is 1. The van der Waals surface area contributed by atoms with Crippen LogP contribution in [0.5, 0.6) is 0 Å². The zero-order chi connectivity index (χ0) is 9.97. The lowest BCUT2D eigenvalue weighted by atomic mass is 10.1. The highest BCUT2D eigenvalue weighted by molar-refractivity contribution is 5.87. The van der Waals surface area contributed by atoms with E-state index < -0.39 is 0 Å². The predicted molar refractivity (Wildman–Crippen MR) is 55.8 cm³/mol. The largest absolute Gasteiger partial charge is 0.346 e. The van der Waals surface area contributed by atoms with Crippen LogP contribution in [0, 0.1) is 0 Å². The number of carbonyl (C=O) groups is 1. The molecule has 0 saturated heterocycles. The van der Waals surface area contributed by atoms with Gasteiger partial charge >= 0.3 is 0 Å². The van der Waals surface area contributed by atoms with E-state index in [1.165, 1.54) is 17.2 Å². The van der Waals surface area contributed by atoms with Crippen molar-refractivity contribution in [1.82, 2.24) is 5.32 Å². The minimum absolute atomic E-state index is 0.0910. The monoisotopic (exact) mass is 187 g/mol. The molecule has 0 aromatic heterocycles. The minimum Gasteiger partial charge on any atom is -0.346 e. The van der Waals surface area contributed by atoms with Crippen LogP contribution in [-0.4, -0.2) is 5.91 Å². The normalized spacial score (nSPS) is 18.7. The van der Waals surface area contributed by atoms with Gasteiger partial charge in [0.2, 0.25) is 5.91 Å². The molecule has 1 aromatic carbocycles. The van der Waals surface area contributed by atoms with Gasteiger partial charge in [-0.2, -0.15) is 0 Å². The number of fused-ring (bicyclic) bond motifs is 1. The van der Waals surface area contributed by atoms with E-state index in [0.717, 1.165) is 12.8 Å². The van der Waals surface area contributed by atoms with Gasteiger partial charge in [-0.15, -0.1) is 0 Å². The summed E-state index contributed by atoms with van der Waals surface area (Å²) in [5.41, 5.74) is 2.60. The molecule has 72 valence electrons. The molecule has 0 saturated carbocycles. The summed E-state index contributed by atoms with van der Waals surface area (Å²) in [7, 11) is 0. The molecule has 14 heavy (non-hydrogen) atoms. The fourth-order valence-electron chi connectivity index (χ4n) is 1.94. The maximum absolute atomic E-state index is 11.1. The molecule has 0 unspecified atom stereocenters. The van der Waals surface area contributed by atoms with Crippen molar-refractivity contribution in [3.05, 3.63) is 48.0 Å². The van der Waals surface area contributed by atoms with E-state index in [0.29, 0.717) is 0 Å². The third kappa shape index (κ3) is 1.55. The summed E-state index contributed by atoms with van der Waals surface area (Å²) >= 11 is 0. The van der Waals surface area contributed by atoms with E-state index in [2.05, 4.69) is 24.0 Å². The van der Waals surface area contributed by atoms with Gasteiger partial charge in [0.25, 0.3) is 0 Å². The molecule has 2 nitrogen and oxygen atoms in total. The molecule has 0 fully saturated rings. The van der Waals surface area contributed by atoms with E-state index in [4.69, 9.17) is 0 Å². The zero-order valence-corrected chi connectivity index (χ0v) is 7.99. The Morgan fingerprint density at radius 3 is 3.07 bits per heavy atom. The first-order valence-corrected chi connectivity index (χ1v) is 4.82. The van der Waals surface area contributed by atoms with Gasteiger partial charge < -0.3 is 5.32 Å². The molecule has 0 radical (unpaired) electrons. The fraction of sp³-hybridized carbons (Fsp3) is 0.250. The fourth-order valence-corrected chi connectivity index (χ4v) is 1.94. The number of carbonyl (C=O) groups excluding carboxylic acids is 1. The first kappa shape index (κ1) is 9.00. The van der Waals surface area contributed by atoms with Crippen LogP contribution in [-0.2, 0) is 11.2 Å². The second kappa shape index (κ2) is 3.66. The van der Waals surface area contributed by atoms with E-state index in [1.54, 1.807) is 0 Å². The quantitative estimate of drug-likeness (QED) is 0.705. The van der Waals surface area contributed by atoms with Crippen molar-refractivity contribution in [2.24, 2.45) is 0 Å². The Morgan fingerprint density at radius 2 is 2.29 bits per heavy atom. The Labute approximate surface area is 83.6 Å². The van der Waals surface area contributed by atoms with E-state index in [9.17, 15) is 4.79 Å². The molecule has 1 amide bonds. The molecular weight excluding hydrogens is 174 g/mol. The zero-order valence-electron chi connectivity index (χ0n) is 7.99. The maximum Gasteiger partial charge on any atom is 0.243 e. The predicted octanol–water partition coefficient (Wildman–Crippen LogP) is 1.98. The molecule has 1 aromatic rings. The maximum atomic E-state index is 11.1. The molecule has 1 aliphatic carbocycles. The Kier molecular flexibility index (Phi) is 2.35. The summed E-state index contributed by atoms with van der Waals surface area (Å²) in [5.74, 6) is -0.0910. The van der Waals surface area contributed by atoms with Crippen molar-refractivity contribution >= 4 is 5.91 Å². The SMILES string of the molecule is C=CC(=O)N[C@@H]1CCc2ccccc21. The van der Waals surface area contributed by atoms with E-state index in [1.807, 2.05) is 12.1 Å². The lowest BCUT2D eigenvalue weighted by molar-refractivity contribution is -0.117. The third-order valence-corrected chi connectivity index (χ3v) is 2.63. The Bertz CT molecular complexity index is 370. The molecule has 2 rings (SSSR count). The standard InChI is InChI=1S/C12H13NO/c1-2-12(14)13-11-8-7-9-5-3-4-6-10(9)11/h2-6,11H,1,7-8H2,(H,13,14)/t11-/m1/s1. The first-order valence-electron chi connectivity index (χ1n) is 4.82. The van der Waals surface area contributed by atoms with E-state index in [-0.39, 0.29) is 11.9 Å². The first-order chi connectivity index (χ1) is 6.81. The van der Waals surface area contributed by atoms with Crippen molar-refractivity contribution in [1.29, 1.82) is 0 Å². The van der Waals surface area contributed by atoms with Crippen LogP contribution >= 0.6 is 0 Å². The number of nitrogens with one attached hydrogen (secondary N) is 1. The lowest BCUT2D eigenvalue weighted by Gasteiger charge is -2.11. The average molecular weight is 187 g/mol. The van der Waals surface area contributed by atoms with Gasteiger partial charge in [-0.05, 0) is 30.0 Å². The van der Waals surface area contributed by atoms with Crippen molar-refractivity contribution in [3.8, 4) is 0 Å². The Morgan fingerprint density at radius 1 is 1.50 bits per heavy atom. The molecule has 0 bridgehead atoms. The van der Waals surface area contributed by atoms with Crippen molar-refractivity contribution < 1.29 is 4.79 Å². The molecule has 0 heterocycles. The highest BCUT2D eigenvalue weighted by atomic mass is 16.1. The minimum atomic E-state index is -0.0910. The Hall–Kier alpha value is -1.57. The molecule has 0 aliphatic heterocycles. The van der Waals surface area contributed by atoms with Gasteiger partial charge in [0.15, 0.2) is 0 Å². The van der Waals surface area contributed by atoms with Crippen molar-refractivity contribution in [2.75, 3.05) is 0 Å². The molecule has 1 N–H and O–H groups in total. The van der Waals surface area contributed by atoms with Gasteiger partial charge in [-0.1, -0.05) is 30.8 Å². The molecule has 2 heteroatoms. The van der Waals surface area contributed by atoms with Crippen LogP contribution in [0.15, 0.2) is 36.9 Å². The van der Waals surface area contributed by atoms with Crippen molar-refractivity contribution in [2.45, 2.75) is 18.9 Å². The van der Waals surface area contributed by atoms with Gasteiger partial charge in [-0.25, -0.2) is 0 Å². The number of aryl methyl sites for hydroxylation is 1. The molecule has 0 spiro atoms. The number of hydrogen-bond donors (Lipinski definition) is 1. The number of benzene rings is 1. The van der Waals surface area contributed by atoms with Crippen LogP contribution < -0.4 is 5.32 Å². The van der Waals surface area contributed by atoms with Crippen molar-refractivity contribution in [3.63, 3.8) is 0 Å². The summed E-state index contributed by atoms with van der Waals surface area (Å²) in [6, 6.07) is 8.43. The average Bonchev–Trinajstić information content (AvgIpc) is 2.62. The van der Waals surface area contributed by atoms with Crippen LogP contribution in [0.1, 0.15) is 23.6 Å². The van der Waals surface area contributed by atoms with Crippen LogP contribution in [0.4, 0.5) is 0 Å². The molecule has 1 aliphatic rings. The van der Waals surface area contributed by atoms with Gasteiger partial charge in [0.1, 0.15) is 0 Å². The van der Waals surface area contributed by atoms with Crippen LogP contribution in [0.2, 0.25) is 0 Å².